The van der Waals surface area contributed by atoms with Crippen molar-refractivity contribution in [2.24, 2.45) is 5.92 Å². The highest BCUT2D eigenvalue weighted by molar-refractivity contribution is 5.51. The van der Waals surface area contributed by atoms with Gasteiger partial charge in [-0.05, 0) is 35.6 Å². The average Bonchev–Trinajstić information content (AvgIpc) is 2.14. The second kappa shape index (κ2) is 5.64. The molecule has 0 aromatic heterocycles. The summed E-state index contributed by atoms with van der Waals surface area (Å²) < 4.78 is 28.6. The summed E-state index contributed by atoms with van der Waals surface area (Å²) >= 11 is 0. The van der Waals surface area contributed by atoms with E-state index in [1.165, 1.54) is 0 Å². The number of ether oxygens (including phenoxy) is 1. The normalized spacial score (nSPS) is 10.9. The van der Waals surface area contributed by atoms with E-state index in [0.29, 0.717) is 5.92 Å². The van der Waals surface area contributed by atoms with Gasteiger partial charge in [-0.2, -0.15) is 8.78 Å². The maximum Gasteiger partial charge on any atom is 0.387 e. The van der Waals surface area contributed by atoms with Gasteiger partial charge >= 0.3 is 6.61 Å². The Balaban J connectivity index is 2.95. The second-order valence-corrected chi connectivity index (χ2v) is 4.09. The van der Waals surface area contributed by atoms with Gasteiger partial charge in [-0.15, -0.1) is 0 Å². The standard InChI is InChI=1S/C13H16F2O/c1-4-10-6-11(5-9(2)3)8-12(7-10)16-13(14)15/h4,6-9,13H,1,5H2,2-3H3. The van der Waals surface area contributed by atoms with Gasteiger partial charge in [0.1, 0.15) is 5.75 Å². The van der Waals surface area contributed by atoms with Crippen molar-refractivity contribution in [2.75, 3.05) is 0 Å². The molecule has 0 saturated carbocycles. The molecule has 0 heterocycles. The summed E-state index contributed by atoms with van der Waals surface area (Å²) in [7, 11) is 0. The number of hydrogen-bond acceptors (Lipinski definition) is 1. The van der Waals surface area contributed by atoms with E-state index in [-0.39, 0.29) is 5.75 Å². The lowest BCUT2D eigenvalue weighted by molar-refractivity contribution is -0.0498. The Morgan fingerprint density at radius 2 is 2.00 bits per heavy atom. The predicted molar refractivity (Wildman–Crippen MR) is 61.7 cm³/mol. The third-order valence-corrected chi connectivity index (χ3v) is 2.09. The molecule has 1 nitrogen and oxygen atoms in total. The van der Waals surface area contributed by atoms with Gasteiger partial charge < -0.3 is 4.74 Å². The second-order valence-electron chi connectivity index (χ2n) is 4.09. The molecule has 0 aliphatic heterocycles. The topological polar surface area (TPSA) is 9.23 Å². The van der Waals surface area contributed by atoms with Crippen LogP contribution in [0.1, 0.15) is 25.0 Å². The molecule has 1 rings (SSSR count). The molecular weight excluding hydrogens is 210 g/mol. The number of halogens is 2. The van der Waals surface area contributed by atoms with Gasteiger partial charge in [0.2, 0.25) is 0 Å². The van der Waals surface area contributed by atoms with Crippen LogP contribution in [0.15, 0.2) is 24.8 Å². The minimum atomic E-state index is -2.79. The van der Waals surface area contributed by atoms with Crippen LogP contribution in [-0.2, 0) is 6.42 Å². The molecule has 0 radical (unpaired) electrons. The summed E-state index contributed by atoms with van der Waals surface area (Å²) in [5.74, 6) is 0.669. The lowest BCUT2D eigenvalue weighted by Gasteiger charge is -2.10. The van der Waals surface area contributed by atoms with Gasteiger partial charge in [0, 0.05) is 0 Å². The van der Waals surface area contributed by atoms with Crippen LogP contribution in [0.5, 0.6) is 5.75 Å². The molecule has 0 atom stereocenters. The monoisotopic (exact) mass is 226 g/mol. The molecular formula is C13H16F2O. The molecule has 0 spiro atoms. The SMILES string of the molecule is C=Cc1cc(CC(C)C)cc(OC(F)F)c1. The van der Waals surface area contributed by atoms with Crippen molar-refractivity contribution in [3.8, 4) is 5.75 Å². The van der Waals surface area contributed by atoms with Gasteiger partial charge in [-0.25, -0.2) is 0 Å². The van der Waals surface area contributed by atoms with Crippen LogP contribution in [0.4, 0.5) is 8.78 Å². The van der Waals surface area contributed by atoms with Crippen LogP contribution in [0.2, 0.25) is 0 Å². The van der Waals surface area contributed by atoms with Crippen LogP contribution in [0, 0.1) is 5.92 Å². The molecule has 0 aliphatic carbocycles. The molecule has 88 valence electrons. The number of hydrogen-bond donors (Lipinski definition) is 0. The summed E-state index contributed by atoms with van der Waals surface area (Å²) in [5.41, 5.74) is 1.79. The third kappa shape index (κ3) is 4.01. The minimum Gasteiger partial charge on any atom is -0.435 e. The first kappa shape index (κ1) is 12.7. The van der Waals surface area contributed by atoms with E-state index in [1.807, 2.05) is 6.07 Å². The Hall–Kier alpha value is -1.38. The lowest BCUT2D eigenvalue weighted by atomic mass is 10.0. The maximum absolute atomic E-state index is 12.1. The van der Waals surface area contributed by atoms with Gasteiger partial charge in [0.25, 0.3) is 0 Å². The van der Waals surface area contributed by atoms with Crippen molar-refractivity contribution >= 4 is 6.08 Å². The molecule has 1 aromatic rings. The quantitative estimate of drug-likeness (QED) is 0.733. The fourth-order valence-electron chi connectivity index (χ4n) is 1.56. The van der Waals surface area contributed by atoms with Crippen molar-refractivity contribution in [2.45, 2.75) is 26.9 Å². The number of rotatable bonds is 5. The first-order chi connectivity index (χ1) is 7.51. The summed E-state index contributed by atoms with van der Waals surface area (Å²) in [4.78, 5) is 0. The molecule has 0 fully saturated rings. The predicted octanol–water partition coefficient (Wildman–Crippen LogP) is 4.13. The first-order valence-electron chi connectivity index (χ1n) is 5.22. The van der Waals surface area contributed by atoms with Gasteiger partial charge in [0.05, 0.1) is 0 Å². The maximum atomic E-state index is 12.1. The van der Waals surface area contributed by atoms with Crippen molar-refractivity contribution in [1.29, 1.82) is 0 Å². The van der Waals surface area contributed by atoms with E-state index in [0.717, 1.165) is 17.5 Å². The summed E-state index contributed by atoms with van der Waals surface area (Å²) in [6.45, 7) is 5.00. The van der Waals surface area contributed by atoms with Crippen molar-refractivity contribution in [3.63, 3.8) is 0 Å². The number of benzene rings is 1. The van der Waals surface area contributed by atoms with Crippen LogP contribution >= 0.6 is 0 Å². The van der Waals surface area contributed by atoms with E-state index < -0.39 is 6.61 Å². The zero-order valence-corrected chi connectivity index (χ0v) is 9.54. The highest BCUT2D eigenvalue weighted by atomic mass is 19.3. The molecule has 16 heavy (non-hydrogen) atoms. The van der Waals surface area contributed by atoms with Crippen LogP contribution in [0.3, 0.4) is 0 Å². The van der Waals surface area contributed by atoms with E-state index in [4.69, 9.17) is 0 Å². The third-order valence-electron chi connectivity index (χ3n) is 2.09. The average molecular weight is 226 g/mol. The largest absolute Gasteiger partial charge is 0.435 e. The minimum absolute atomic E-state index is 0.197. The van der Waals surface area contributed by atoms with Crippen LogP contribution < -0.4 is 4.74 Å². The van der Waals surface area contributed by atoms with Crippen molar-refractivity contribution in [3.05, 3.63) is 35.9 Å². The Morgan fingerprint density at radius 1 is 1.31 bits per heavy atom. The highest BCUT2D eigenvalue weighted by Gasteiger charge is 2.07. The molecule has 0 bridgehead atoms. The Labute approximate surface area is 94.7 Å². The summed E-state index contributed by atoms with van der Waals surface area (Å²) in [6.07, 6.45) is 2.46. The van der Waals surface area contributed by atoms with Crippen molar-refractivity contribution in [1.82, 2.24) is 0 Å². The molecule has 0 amide bonds. The molecule has 3 heteroatoms. The summed E-state index contributed by atoms with van der Waals surface area (Å²) in [5, 5.41) is 0. The van der Waals surface area contributed by atoms with Gasteiger partial charge in [-0.1, -0.05) is 32.6 Å². The fraction of sp³-hybridized carbons (Fsp3) is 0.385. The lowest BCUT2D eigenvalue weighted by Crippen LogP contribution is -2.03. The Morgan fingerprint density at radius 3 is 2.50 bits per heavy atom. The van der Waals surface area contributed by atoms with Crippen LogP contribution in [-0.4, -0.2) is 6.61 Å². The molecule has 0 N–H and O–H groups in total. The zero-order chi connectivity index (χ0) is 12.1. The van der Waals surface area contributed by atoms with Gasteiger partial charge in [0.15, 0.2) is 0 Å². The zero-order valence-electron chi connectivity index (χ0n) is 9.54. The Kier molecular flexibility index (Phi) is 4.47. The van der Waals surface area contributed by atoms with E-state index in [9.17, 15) is 8.78 Å². The van der Waals surface area contributed by atoms with Crippen LogP contribution in [0.25, 0.3) is 6.08 Å². The number of alkyl halides is 2. The van der Waals surface area contributed by atoms with E-state index in [2.05, 4.69) is 25.2 Å². The first-order valence-corrected chi connectivity index (χ1v) is 5.22. The highest BCUT2D eigenvalue weighted by Crippen LogP contribution is 2.22. The van der Waals surface area contributed by atoms with Gasteiger partial charge in [-0.3, -0.25) is 0 Å². The molecule has 0 unspecified atom stereocenters. The van der Waals surface area contributed by atoms with Crippen molar-refractivity contribution < 1.29 is 13.5 Å². The summed E-state index contributed by atoms with van der Waals surface area (Å²) in [6, 6.07) is 5.15. The molecule has 0 saturated heterocycles. The molecule has 1 aromatic carbocycles. The van der Waals surface area contributed by atoms with E-state index >= 15 is 0 Å². The van der Waals surface area contributed by atoms with E-state index in [1.54, 1.807) is 18.2 Å². The fourth-order valence-corrected chi connectivity index (χ4v) is 1.56. The Bertz CT molecular complexity index is 331. The smallest absolute Gasteiger partial charge is 0.387 e. The molecule has 0 aliphatic rings.